The number of likely N-dealkylation sites (N-methyl/N-ethyl adjacent to an activating group) is 2. The maximum atomic E-state index is 14.4. The molecule has 0 saturated carbocycles. The molecule has 1 fully saturated rings. The number of aliphatic carboxylic acids is 1. The molecule has 1 aliphatic rings. The van der Waals surface area contributed by atoms with Crippen molar-refractivity contribution in [3.63, 3.8) is 0 Å². The molecular formula is C42H70N6O10. The predicted octanol–water partition coefficient (Wildman–Crippen LogP) is 1.66. The Morgan fingerprint density at radius 1 is 0.897 bits per heavy atom. The van der Waals surface area contributed by atoms with Crippen molar-refractivity contribution in [1.29, 1.82) is 0 Å². The molecule has 6 N–H and O–H groups in total. The minimum Gasteiger partial charge on any atom is -0.480 e. The molecule has 0 radical (unpaired) electrons. The molecule has 1 saturated heterocycles. The van der Waals surface area contributed by atoms with Gasteiger partial charge in [-0.3, -0.25) is 24.0 Å². The summed E-state index contributed by atoms with van der Waals surface area (Å²) in [5, 5.41) is 24.9. The summed E-state index contributed by atoms with van der Waals surface area (Å²) in [7, 11) is 6.04. The molecule has 1 aromatic rings. The lowest BCUT2D eigenvalue weighted by Crippen LogP contribution is -2.61. The second-order valence-electron chi connectivity index (χ2n) is 16.3. The summed E-state index contributed by atoms with van der Waals surface area (Å²) in [6.07, 6.45) is 0.432. The largest absolute Gasteiger partial charge is 0.480 e. The van der Waals surface area contributed by atoms with Gasteiger partial charge in [-0.05, 0) is 36.2 Å². The highest BCUT2D eigenvalue weighted by Gasteiger charge is 2.44. The van der Waals surface area contributed by atoms with Gasteiger partial charge in [-0.1, -0.05) is 85.2 Å². The fraction of sp³-hybridized carbons (Fsp3) is 0.714. The van der Waals surface area contributed by atoms with Crippen LogP contribution in [0.4, 0.5) is 0 Å². The van der Waals surface area contributed by atoms with Gasteiger partial charge in [-0.25, -0.2) is 4.79 Å². The monoisotopic (exact) mass is 819 g/mol. The highest BCUT2D eigenvalue weighted by molar-refractivity contribution is 5.93. The van der Waals surface area contributed by atoms with Crippen molar-refractivity contribution in [2.24, 2.45) is 29.4 Å². The number of hydrogen-bond donors (Lipinski definition) is 5. The number of ether oxygens (including phenoxy) is 2. The number of carbonyl (C=O) groups is 6. The molecule has 328 valence electrons. The number of hydrogen-bond acceptors (Lipinski definition) is 10. The first-order valence-corrected chi connectivity index (χ1v) is 20.4. The zero-order valence-electron chi connectivity index (χ0n) is 36.3. The average molecular weight is 819 g/mol. The number of nitrogens with two attached hydrogens (primary N) is 1. The van der Waals surface area contributed by atoms with E-state index in [1.54, 1.807) is 75.7 Å². The summed E-state index contributed by atoms with van der Waals surface area (Å²) in [5.41, 5.74) is 6.54. The topological polar surface area (TPSA) is 221 Å². The molecule has 16 heteroatoms. The van der Waals surface area contributed by atoms with E-state index in [0.717, 1.165) is 5.56 Å². The predicted molar refractivity (Wildman–Crippen MR) is 219 cm³/mol. The van der Waals surface area contributed by atoms with E-state index in [9.17, 15) is 39.0 Å². The Balaban J connectivity index is 2.30. The molecule has 1 unspecified atom stereocenters. The van der Waals surface area contributed by atoms with Crippen molar-refractivity contribution in [3.05, 3.63) is 35.9 Å². The van der Waals surface area contributed by atoms with Crippen LogP contribution < -0.4 is 16.4 Å². The molecule has 1 heterocycles. The number of nitrogens with zero attached hydrogens (tertiary/aromatic N) is 3. The van der Waals surface area contributed by atoms with E-state index in [1.165, 1.54) is 26.2 Å². The first kappa shape index (κ1) is 50.0. The molecule has 1 aromatic carbocycles. The number of likely N-dealkylation sites (tertiary alicyclic amines) is 1. The van der Waals surface area contributed by atoms with Crippen LogP contribution in [0.15, 0.2) is 30.3 Å². The Morgan fingerprint density at radius 3 is 2.02 bits per heavy atom. The quantitative estimate of drug-likeness (QED) is 0.107. The van der Waals surface area contributed by atoms with Gasteiger partial charge in [-0.2, -0.15) is 0 Å². The van der Waals surface area contributed by atoms with Crippen LogP contribution in [0, 0.1) is 23.7 Å². The van der Waals surface area contributed by atoms with Gasteiger partial charge < -0.3 is 50.8 Å². The van der Waals surface area contributed by atoms with Gasteiger partial charge in [0.2, 0.25) is 29.5 Å². The molecular weight excluding hydrogens is 748 g/mol. The van der Waals surface area contributed by atoms with Crippen LogP contribution in [0.1, 0.15) is 79.7 Å². The van der Waals surface area contributed by atoms with Gasteiger partial charge in [-0.15, -0.1) is 0 Å². The van der Waals surface area contributed by atoms with E-state index >= 15 is 0 Å². The van der Waals surface area contributed by atoms with Crippen molar-refractivity contribution in [2.75, 3.05) is 41.5 Å². The van der Waals surface area contributed by atoms with Crippen molar-refractivity contribution < 1.29 is 48.5 Å². The SMILES string of the molecule is CC[C@H](C)[C@@H]([C@@H](CC(=O)N1CCC[C@H]1[C@H](OC)[C@@H](C)C(=O)N[C@@H](Cc1ccccc1)C(=O)O)OC)N(C)C(=O)C(NC(=O)[C@H](C(C)C)N(C)C(=O)[C@H](N)CO)C(C)C. The Morgan fingerprint density at radius 2 is 1.52 bits per heavy atom. The first-order valence-electron chi connectivity index (χ1n) is 20.4. The second kappa shape index (κ2) is 23.5. The number of methoxy groups -OCH3 is 2. The fourth-order valence-corrected chi connectivity index (χ4v) is 8.03. The summed E-state index contributed by atoms with van der Waals surface area (Å²) < 4.78 is 11.8. The standard InChI is InChI=1S/C42H70N6O10/c1-12-26(6)36(47(9)41(54)34(24(2)3)45-39(52)35(25(4)5)46(8)40(53)29(43)23-49)32(57-10)22-33(50)48-20-16-19-31(48)37(58-11)27(7)38(51)44-30(42(55)56)21-28-17-14-13-15-18-28/h13-15,17-18,24-27,29-32,34-37,49H,12,16,19-23,43H2,1-11H3,(H,44,51)(H,45,52)(H,55,56)/t26-,27+,29+,30-,31-,32+,34?,35-,36-,37+/m0/s1. The zero-order valence-corrected chi connectivity index (χ0v) is 36.3. The third kappa shape index (κ3) is 12.9. The van der Waals surface area contributed by atoms with Crippen LogP contribution in [0.3, 0.4) is 0 Å². The van der Waals surface area contributed by atoms with E-state index in [2.05, 4.69) is 10.6 Å². The number of nitrogens with one attached hydrogen (secondary N) is 2. The van der Waals surface area contributed by atoms with Gasteiger partial charge in [0.15, 0.2) is 0 Å². The van der Waals surface area contributed by atoms with Crippen molar-refractivity contribution in [3.8, 4) is 0 Å². The normalized spacial score (nSPS) is 18.9. The first-order chi connectivity index (χ1) is 27.3. The van der Waals surface area contributed by atoms with E-state index in [1.807, 2.05) is 19.9 Å². The van der Waals surface area contributed by atoms with Crippen LogP contribution in [0.2, 0.25) is 0 Å². The average Bonchev–Trinajstić information content (AvgIpc) is 3.68. The number of aliphatic hydroxyl groups excluding tert-OH is 1. The summed E-state index contributed by atoms with van der Waals surface area (Å²) in [4.78, 5) is 85.3. The lowest BCUT2D eigenvalue weighted by atomic mass is 9.89. The number of carboxylic acids is 1. The van der Waals surface area contributed by atoms with E-state index in [-0.39, 0.29) is 36.5 Å². The molecule has 1 aliphatic heterocycles. The number of aliphatic hydroxyl groups is 1. The van der Waals surface area contributed by atoms with E-state index in [0.29, 0.717) is 25.8 Å². The maximum Gasteiger partial charge on any atom is 0.326 e. The summed E-state index contributed by atoms with van der Waals surface area (Å²) >= 11 is 0. The molecule has 16 nitrogen and oxygen atoms in total. The Hall–Kier alpha value is -4.12. The molecule has 0 bridgehead atoms. The van der Waals surface area contributed by atoms with Crippen molar-refractivity contribution in [2.45, 2.75) is 129 Å². The van der Waals surface area contributed by atoms with Crippen LogP contribution in [-0.4, -0.2) is 150 Å². The third-order valence-corrected chi connectivity index (χ3v) is 11.6. The Labute approximate surface area is 344 Å². The van der Waals surface area contributed by atoms with Gasteiger partial charge in [0.1, 0.15) is 24.2 Å². The number of carboxylic acid groups (broad SMARTS) is 1. The number of carbonyl (C=O) groups excluding carboxylic acids is 5. The molecule has 0 spiro atoms. The van der Waals surface area contributed by atoms with Crippen LogP contribution >= 0.6 is 0 Å². The van der Waals surface area contributed by atoms with Crippen LogP contribution in [-0.2, 0) is 44.7 Å². The van der Waals surface area contributed by atoms with Crippen LogP contribution in [0.5, 0.6) is 0 Å². The number of rotatable bonds is 23. The molecule has 5 amide bonds. The maximum absolute atomic E-state index is 14.4. The van der Waals surface area contributed by atoms with Crippen molar-refractivity contribution >= 4 is 35.5 Å². The van der Waals surface area contributed by atoms with Crippen LogP contribution in [0.25, 0.3) is 0 Å². The van der Waals surface area contributed by atoms with Gasteiger partial charge in [0, 0.05) is 41.3 Å². The Kier molecular flexibility index (Phi) is 20.2. The lowest BCUT2D eigenvalue weighted by molar-refractivity contribution is -0.149. The van der Waals surface area contributed by atoms with Gasteiger partial charge in [0.05, 0.1) is 43.2 Å². The fourth-order valence-electron chi connectivity index (χ4n) is 8.03. The molecule has 10 atom stereocenters. The Bertz CT molecular complexity index is 1510. The zero-order chi connectivity index (χ0) is 44.0. The second-order valence-corrected chi connectivity index (χ2v) is 16.3. The van der Waals surface area contributed by atoms with Gasteiger partial charge in [0.25, 0.3) is 0 Å². The highest BCUT2D eigenvalue weighted by atomic mass is 16.5. The molecule has 0 aromatic heterocycles. The van der Waals surface area contributed by atoms with Crippen molar-refractivity contribution in [1.82, 2.24) is 25.3 Å². The smallest absolute Gasteiger partial charge is 0.326 e. The summed E-state index contributed by atoms with van der Waals surface area (Å²) in [5.74, 6) is -5.07. The van der Waals surface area contributed by atoms with E-state index < -0.39 is 90.6 Å². The third-order valence-electron chi connectivity index (χ3n) is 11.6. The van der Waals surface area contributed by atoms with E-state index in [4.69, 9.17) is 15.2 Å². The van der Waals surface area contributed by atoms with Gasteiger partial charge >= 0.3 is 5.97 Å². The summed E-state index contributed by atoms with van der Waals surface area (Å²) in [6, 6.07) is 3.66. The number of amides is 5. The molecule has 58 heavy (non-hydrogen) atoms. The lowest BCUT2D eigenvalue weighted by Gasteiger charge is -2.41. The molecule has 0 aliphatic carbocycles. The minimum atomic E-state index is -1.20. The minimum absolute atomic E-state index is 0.0824. The summed E-state index contributed by atoms with van der Waals surface area (Å²) in [6.45, 7) is 12.6. The molecule has 2 rings (SSSR count). The number of benzene rings is 1. The highest BCUT2D eigenvalue weighted by Crippen LogP contribution is 2.30.